The highest BCUT2D eigenvalue weighted by Gasteiger charge is 2.53. The number of amides is 2. The van der Waals surface area contributed by atoms with E-state index in [0.29, 0.717) is 37.5 Å². The molecule has 1 unspecified atom stereocenters. The van der Waals surface area contributed by atoms with Crippen LogP contribution in [0.2, 0.25) is 0 Å². The molecular weight excluding hydrogens is 472 g/mol. The Labute approximate surface area is 221 Å². The van der Waals surface area contributed by atoms with Crippen LogP contribution >= 0.6 is 0 Å². The average Bonchev–Trinajstić information content (AvgIpc) is 2.88. The van der Waals surface area contributed by atoms with Crippen molar-refractivity contribution in [2.45, 2.75) is 71.4 Å². The predicted molar refractivity (Wildman–Crippen MR) is 143 cm³/mol. The van der Waals surface area contributed by atoms with Crippen molar-refractivity contribution >= 4 is 11.8 Å². The van der Waals surface area contributed by atoms with Gasteiger partial charge in [-0.15, -0.1) is 0 Å². The van der Waals surface area contributed by atoms with Crippen LogP contribution in [0.15, 0.2) is 18.2 Å². The summed E-state index contributed by atoms with van der Waals surface area (Å²) < 4.78 is 15.7. The highest BCUT2D eigenvalue weighted by atomic mass is 16.5. The van der Waals surface area contributed by atoms with Crippen LogP contribution in [0.3, 0.4) is 0 Å². The fraction of sp³-hybridized carbons (Fsp3) is 0.724. The van der Waals surface area contributed by atoms with Gasteiger partial charge >= 0.3 is 0 Å². The summed E-state index contributed by atoms with van der Waals surface area (Å²) in [5.74, 6) is 1.07. The van der Waals surface area contributed by atoms with Crippen LogP contribution in [0.1, 0.15) is 58.4 Å². The molecule has 37 heavy (non-hydrogen) atoms. The third-order valence-electron chi connectivity index (χ3n) is 8.98. The standard InChI is InChI=1S/C29H46N2O6/c1-18(28(34)30-15-11-20-7-8-23(36-5)24(17-20)37-6)21-9-13-29(3)14-10-22(19(2)26(29)27(21)33)31-25(32)12-16-35-4/h7-8,17-19,21-22,26-27,33H,9-16H2,1-6H3,(H,30,34)(H,31,32)/t18-,19+,21?,22-,26+,27-,29-/m0/s1. The van der Waals surface area contributed by atoms with Crippen LogP contribution < -0.4 is 20.1 Å². The highest BCUT2D eigenvalue weighted by molar-refractivity contribution is 5.78. The van der Waals surface area contributed by atoms with Gasteiger partial charge in [0.15, 0.2) is 11.5 Å². The predicted octanol–water partition coefficient (Wildman–Crippen LogP) is 3.34. The summed E-state index contributed by atoms with van der Waals surface area (Å²) >= 11 is 0. The Bertz CT molecular complexity index is 924. The van der Waals surface area contributed by atoms with E-state index in [1.54, 1.807) is 21.3 Å². The molecule has 3 N–H and O–H groups in total. The molecule has 7 atom stereocenters. The zero-order chi connectivity index (χ0) is 27.2. The number of fused-ring (bicyclic) bond motifs is 1. The molecule has 0 heterocycles. The largest absolute Gasteiger partial charge is 0.493 e. The summed E-state index contributed by atoms with van der Waals surface area (Å²) in [5, 5.41) is 17.8. The molecule has 8 nitrogen and oxygen atoms in total. The molecule has 2 aliphatic rings. The van der Waals surface area contributed by atoms with Crippen molar-refractivity contribution in [1.29, 1.82) is 0 Å². The van der Waals surface area contributed by atoms with Gasteiger partial charge in [-0.2, -0.15) is 0 Å². The first kappa shape index (κ1) is 29.2. The zero-order valence-electron chi connectivity index (χ0n) is 23.3. The Morgan fingerprint density at radius 1 is 1.14 bits per heavy atom. The maximum Gasteiger partial charge on any atom is 0.223 e. The number of benzene rings is 1. The molecule has 0 spiro atoms. The second kappa shape index (κ2) is 13.0. The van der Waals surface area contributed by atoms with Crippen LogP contribution in [0.25, 0.3) is 0 Å². The monoisotopic (exact) mass is 518 g/mol. The fourth-order valence-electron chi connectivity index (χ4n) is 6.69. The number of rotatable bonds is 11. The lowest BCUT2D eigenvalue weighted by Gasteiger charge is -2.56. The van der Waals surface area contributed by atoms with E-state index in [1.807, 2.05) is 25.1 Å². The maximum absolute atomic E-state index is 13.1. The van der Waals surface area contributed by atoms with Crippen LogP contribution in [-0.2, 0) is 20.7 Å². The van der Waals surface area contributed by atoms with Crippen LogP contribution in [-0.4, -0.2) is 63.5 Å². The number of hydrogen-bond donors (Lipinski definition) is 3. The van der Waals surface area contributed by atoms with Gasteiger partial charge in [-0.3, -0.25) is 9.59 Å². The molecule has 2 fully saturated rings. The van der Waals surface area contributed by atoms with E-state index < -0.39 is 6.10 Å². The minimum absolute atomic E-state index is 0.00798. The summed E-state index contributed by atoms with van der Waals surface area (Å²) in [6, 6.07) is 5.79. The number of ether oxygens (including phenoxy) is 3. The number of nitrogens with one attached hydrogen (secondary N) is 2. The summed E-state index contributed by atoms with van der Waals surface area (Å²) in [6.07, 6.45) is 4.12. The van der Waals surface area contributed by atoms with E-state index >= 15 is 0 Å². The van der Waals surface area contributed by atoms with E-state index in [9.17, 15) is 14.7 Å². The van der Waals surface area contributed by atoms with Gasteiger partial charge in [0.1, 0.15) is 0 Å². The van der Waals surface area contributed by atoms with Gasteiger partial charge in [-0.1, -0.05) is 26.8 Å². The Balaban J connectivity index is 1.59. The molecule has 0 radical (unpaired) electrons. The Morgan fingerprint density at radius 2 is 1.84 bits per heavy atom. The van der Waals surface area contributed by atoms with Crippen LogP contribution in [0, 0.1) is 29.1 Å². The Kier molecular flexibility index (Phi) is 10.2. The van der Waals surface area contributed by atoms with Crippen LogP contribution in [0.5, 0.6) is 11.5 Å². The molecule has 1 aromatic carbocycles. The minimum Gasteiger partial charge on any atom is -0.493 e. The fourth-order valence-corrected chi connectivity index (χ4v) is 6.69. The van der Waals surface area contributed by atoms with Crippen LogP contribution in [0.4, 0.5) is 0 Å². The van der Waals surface area contributed by atoms with E-state index in [-0.39, 0.29) is 46.9 Å². The van der Waals surface area contributed by atoms with Gasteiger partial charge < -0.3 is 30.0 Å². The molecule has 8 heteroatoms. The molecule has 0 bridgehead atoms. The number of aliphatic hydroxyl groups is 1. The van der Waals surface area contributed by atoms with E-state index in [0.717, 1.165) is 31.2 Å². The molecule has 0 saturated heterocycles. The molecule has 3 rings (SSSR count). The van der Waals surface area contributed by atoms with Crippen molar-refractivity contribution < 1.29 is 28.9 Å². The molecule has 1 aromatic rings. The number of carbonyl (C=O) groups excluding carboxylic acids is 2. The number of aliphatic hydroxyl groups excluding tert-OH is 1. The molecule has 2 aliphatic carbocycles. The van der Waals surface area contributed by atoms with E-state index in [2.05, 4.69) is 24.5 Å². The van der Waals surface area contributed by atoms with Gasteiger partial charge in [0.05, 0.1) is 26.9 Å². The Hall–Kier alpha value is -2.32. The molecule has 0 aromatic heterocycles. The summed E-state index contributed by atoms with van der Waals surface area (Å²) in [6.45, 7) is 7.25. The van der Waals surface area contributed by atoms with Crippen molar-refractivity contribution in [3.05, 3.63) is 23.8 Å². The molecule has 208 valence electrons. The lowest BCUT2D eigenvalue weighted by molar-refractivity contribution is -0.143. The normalized spacial score (nSPS) is 30.1. The van der Waals surface area contributed by atoms with Crippen molar-refractivity contribution in [3.8, 4) is 11.5 Å². The number of methoxy groups -OCH3 is 3. The summed E-state index contributed by atoms with van der Waals surface area (Å²) in [5.41, 5.74) is 1.07. The smallest absolute Gasteiger partial charge is 0.223 e. The first-order valence-corrected chi connectivity index (χ1v) is 13.6. The molecule has 0 aliphatic heterocycles. The number of carbonyl (C=O) groups is 2. The molecule has 2 amide bonds. The average molecular weight is 519 g/mol. The lowest BCUT2D eigenvalue weighted by Crippen LogP contribution is -2.58. The summed E-state index contributed by atoms with van der Waals surface area (Å²) in [7, 11) is 4.80. The Morgan fingerprint density at radius 3 is 2.51 bits per heavy atom. The second-order valence-electron chi connectivity index (χ2n) is 11.2. The molecular formula is C29H46N2O6. The molecule has 2 saturated carbocycles. The third kappa shape index (κ3) is 6.77. The van der Waals surface area contributed by atoms with Crippen molar-refractivity contribution in [2.75, 3.05) is 34.5 Å². The third-order valence-corrected chi connectivity index (χ3v) is 8.98. The van der Waals surface area contributed by atoms with Gasteiger partial charge in [0.2, 0.25) is 11.8 Å². The summed E-state index contributed by atoms with van der Waals surface area (Å²) in [4.78, 5) is 25.4. The highest BCUT2D eigenvalue weighted by Crippen LogP contribution is 2.55. The van der Waals surface area contributed by atoms with Gasteiger partial charge in [0.25, 0.3) is 0 Å². The quantitative estimate of drug-likeness (QED) is 0.415. The first-order valence-electron chi connectivity index (χ1n) is 13.6. The first-order chi connectivity index (χ1) is 17.6. The number of hydrogen-bond acceptors (Lipinski definition) is 6. The zero-order valence-corrected chi connectivity index (χ0v) is 23.3. The van der Waals surface area contributed by atoms with E-state index in [4.69, 9.17) is 14.2 Å². The van der Waals surface area contributed by atoms with Crippen molar-refractivity contribution in [1.82, 2.24) is 10.6 Å². The van der Waals surface area contributed by atoms with Gasteiger partial charge in [-0.25, -0.2) is 0 Å². The van der Waals surface area contributed by atoms with Crippen molar-refractivity contribution in [3.63, 3.8) is 0 Å². The minimum atomic E-state index is -0.584. The van der Waals surface area contributed by atoms with Gasteiger partial charge in [-0.05, 0) is 73.0 Å². The lowest BCUT2D eigenvalue weighted by atomic mass is 9.51. The van der Waals surface area contributed by atoms with Crippen molar-refractivity contribution in [2.24, 2.45) is 29.1 Å². The SMILES string of the molecule is COCCC(=O)N[C@H]1CC[C@]2(C)CCC([C@H](C)C(=O)NCCc3ccc(OC)c(OC)c3)[C@H](O)[C@H]2[C@@H]1C. The topological polar surface area (TPSA) is 106 Å². The maximum atomic E-state index is 13.1. The van der Waals surface area contributed by atoms with E-state index in [1.165, 1.54) is 0 Å². The second-order valence-corrected chi connectivity index (χ2v) is 11.2. The van der Waals surface area contributed by atoms with Gasteiger partial charge in [0, 0.05) is 32.0 Å².